The van der Waals surface area contributed by atoms with Crippen molar-refractivity contribution in [3.8, 4) is 0 Å². The molecule has 0 saturated carbocycles. The number of nitrogens with one attached hydrogen (secondary N) is 1. The van der Waals surface area contributed by atoms with Crippen LogP contribution >= 0.6 is 0 Å². The van der Waals surface area contributed by atoms with E-state index in [-0.39, 0.29) is 0 Å². The van der Waals surface area contributed by atoms with Gasteiger partial charge in [0.1, 0.15) is 5.82 Å². The molecule has 1 aromatic heterocycles. The molecular weight excluding hydrogens is 210 g/mol. The van der Waals surface area contributed by atoms with Crippen molar-refractivity contribution in [2.45, 2.75) is 40.3 Å². The first-order valence-corrected chi connectivity index (χ1v) is 6.30. The maximum absolute atomic E-state index is 4.62. The lowest BCUT2D eigenvalue weighted by molar-refractivity contribution is 0.502. The summed E-state index contributed by atoms with van der Waals surface area (Å²) in [7, 11) is 4.09. The first-order chi connectivity index (χ1) is 7.95. The van der Waals surface area contributed by atoms with Crippen molar-refractivity contribution in [1.29, 1.82) is 0 Å². The Labute approximate surface area is 105 Å². The fourth-order valence-corrected chi connectivity index (χ4v) is 1.86. The molecule has 17 heavy (non-hydrogen) atoms. The van der Waals surface area contributed by atoms with E-state index in [1.165, 1.54) is 5.56 Å². The predicted molar refractivity (Wildman–Crippen MR) is 74.4 cm³/mol. The van der Waals surface area contributed by atoms with Crippen LogP contribution in [-0.4, -0.2) is 25.1 Å². The molecule has 0 amide bonds. The Balaban J connectivity index is 2.96. The SMILES string of the molecule is CNCc1cc(C)nc(N(C)C(C)C(C)C)c1. The monoisotopic (exact) mass is 235 g/mol. The van der Waals surface area contributed by atoms with Gasteiger partial charge in [-0.2, -0.15) is 0 Å². The Bertz CT molecular complexity index is 360. The Morgan fingerprint density at radius 3 is 2.47 bits per heavy atom. The molecule has 1 unspecified atom stereocenters. The summed E-state index contributed by atoms with van der Waals surface area (Å²) in [5.41, 5.74) is 2.37. The molecule has 3 nitrogen and oxygen atoms in total. The Kier molecular flexibility index (Phi) is 4.94. The van der Waals surface area contributed by atoms with E-state index in [1.807, 2.05) is 7.05 Å². The molecular formula is C14H25N3. The third kappa shape index (κ3) is 3.70. The number of hydrogen-bond donors (Lipinski definition) is 1. The number of nitrogens with zero attached hydrogens (tertiary/aromatic N) is 2. The summed E-state index contributed by atoms with van der Waals surface area (Å²) >= 11 is 0. The van der Waals surface area contributed by atoms with E-state index in [0.29, 0.717) is 12.0 Å². The summed E-state index contributed by atoms with van der Waals surface area (Å²) in [6.07, 6.45) is 0. The number of aromatic nitrogens is 1. The van der Waals surface area contributed by atoms with Crippen molar-refractivity contribution in [3.63, 3.8) is 0 Å². The van der Waals surface area contributed by atoms with Gasteiger partial charge in [-0.3, -0.25) is 0 Å². The third-order valence-electron chi connectivity index (χ3n) is 3.32. The molecule has 3 heteroatoms. The number of aryl methyl sites for hydroxylation is 1. The summed E-state index contributed by atoms with van der Waals surface area (Å²) < 4.78 is 0. The quantitative estimate of drug-likeness (QED) is 0.850. The van der Waals surface area contributed by atoms with Gasteiger partial charge >= 0.3 is 0 Å². The van der Waals surface area contributed by atoms with E-state index >= 15 is 0 Å². The summed E-state index contributed by atoms with van der Waals surface area (Å²) in [6, 6.07) is 4.79. The molecule has 0 aliphatic rings. The lowest BCUT2D eigenvalue weighted by Gasteiger charge is -2.29. The summed E-state index contributed by atoms with van der Waals surface area (Å²) in [6.45, 7) is 9.67. The molecule has 0 aliphatic heterocycles. The van der Waals surface area contributed by atoms with E-state index < -0.39 is 0 Å². The van der Waals surface area contributed by atoms with Gasteiger partial charge in [0.2, 0.25) is 0 Å². The molecule has 1 N–H and O–H groups in total. The second kappa shape index (κ2) is 6.01. The molecule has 0 aliphatic carbocycles. The maximum Gasteiger partial charge on any atom is 0.129 e. The van der Waals surface area contributed by atoms with Crippen LogP contribution in [0.4, 0.5) is 5.82 Å². The summed E-state index contributed by atoms with van der Waals surface area (Å²) in [5.74, 6) is 1.69. The minimum absolute atomic E-state index is 0.492. The highest BCUT2D eigenvalue weighted by Crippen LogP contribution is 2.19. The zero-order chi connectivity index (χ0) is 13.0. The van der Waals surface area contributed by atoms with Crippen LogP contribution in [0.2, 0.25) is 0 Å². The Morgan fingerprint density at radius 1 is 1.29 bits per heavy atom. The van der Waals surface area contributed by atoms with Crippen LogP contribution in [0.25, 0.3) is 0 Å². The van der Waals surface area contributed by atoms with Crippen molar-refractivity contribution >= 4 is 5.82 Å². The van der Waals surface area contributed by atoms with Gasteiger partial charge in [-0.1, -0.05) is 13.8 Å². The number of rotatable bonds is 5. The molecule has 1 atom stereocenters. The fourth-order valence-electron chi connectivity index (χ4n) is 1.86. The van der Waals surface area contributed by atoms with Crippen molar-refractivity contribution in [1.82, 2.24) is 10.3 Å². The highest BCUT2D eigenvalue weighted by Gasteiger charge is 2.15. The largest absolute Gasteiger partial charge is 0.357 e. The van der Waals surface area contributed by atoms with Gasteiger partial charge in [0.15, 0.2) is 0 Å². The molecule has 0 bridgehead atoms. The highest BCUT2D eigenvalue weighted by atomic mass is 15.2. The Morgan fingerprint density at radius 2 is 1.94 bits per heavy atom. The minimum Gasteiger partial charge on any atom is -0.357 e. The smallest absolute Gasteiger partial charge is 0.129 e. The zero-order valence-electron chi connectivity index (χ0n) is 11.9. The maximum atomic E-state index is 4.62. The normalized spacial score (nSPS) is 12.9. The minimum atomic E-state index is 0.492. The zero-order valence-corrected chi connectivity index (χ0v) is 11.9. The van der Waals surface area contributed by atoms with E-state index in [2.05, 4.69) is 62.1 Å². The van der Waals surface area contributed by atoms with Crippen LogP contribution in [0.5, 0.6) is 0 Å². The van der Waals surface area contributed by atoms with Crippen molar-refractivity contribution in [2.75, 3.05) is 19.0 Å². The number of pyridine rings is 1. The standard InChI is InChI=1S/C14H25N3/c1-10(2)12(4)17(6)14-8-13(9-15-5)7-11(3)16-14/h7-8,10,12,15H,9H2,1-6H3. The van der Waals surface area contributed by atoms with Gasteiger partial charge < -0.3 is 10.2 Å². The molecule has 96 valence electrons. The molecule has 1 aromatic rings. The topological polar surface area (TPSA) is 28.2 Å². The van der Waals surface area contributed by atoms with Crippen LogP contribution in [0, 0.1) is 12.8 Å². The molecule has 0 fully saturated rings. The summed E-state index contributed by atoms with van der Waals surface area (Å²) in [4.78, 5) is 6.88. The first-order valence-electron chi connectivity index (χ1n) is 6.30. The van der Waals surface area contributed by atoms with Crippen LogP contribution in [-0.2, 0) is 6.54 Å². The molecule has 0 radical (unpaired) electrons. The van der Waals surface area contributed by atoms with E-state index in [1.54, 1.807) is 0 Å². The fraction of sp³-hybridized carbons (Fsp3) is 0.643. The lowest BCUT2D eigenvalue weighted by Crippen LogP contribution is -2.34. The van der Waals surface area contributed by atoms with E-state index in [0.717, 1.165) is 18.1 Å². The predicted octanol–water partition coefficient (Wildman–Crippen LogP) is 2.59. The second-order valence-electron chi connectivity index (χ2n) is 5.10. The van der Waals surface area contributed by atoms with Gasteiger partial charge in [-0.25, -0.2) is 4.98 Å². The highest BCUT2D eigenvalue weighted by molar-refractivity contribution is 5.42. The van der Waals surface area contributed by atoms with Crippen molar-refractivity contribution < 1.29 is 0 Å². The van der Waals surface area contributed by atoms with Gasteiger partial charge in [0.05, 0.1) is 0 Å². The third-order valence-corrected chi connectivity index (χ3v) is 3.32. The van der Waals surface area contributed by atoms with Crippen LogP contribution in [0.1, 0.15) is 32.0 Å². The van der Waals surface area contributed by atoms with Crippen molar-refractivity contribution in [3.05, 3.63) is 23.4 Å². The van der Waals surface area contributed by atoms with E-state index in [4.69, 9.17) is 0 Å². The average Bonchev–Trinajstić information content (AvgIpc) is 2.26. The van der Waals surface area contributed by atoms with E-state index in [9.17, 15) is 0 Å². The van der Waals surface area contributed by atoms with Gasteiger partial charge in [-0.15, -0.1) is 0 Å². The average molecular weight is 235 g/mol. The van der Waals surface area contributed by atoms with Crippen LogP contribution < -0.4 is 10.2 Å². The van der Waals surface area contributed by atoms with Gasteiger partial charge in [0.25, 0.3) is 0 Å². The molecule has 0 saturated heterocycles. The molecule has 0 spiro atoms. The van der Waals surface area contributed by atoms with Gasteiger partial charge in [-0.05, 0) is 44.5 Å². The summed E-state index contributed by atoms with van der Waals surface area (Å²) in [5, 5.41) is 3.18. The first kappa shape index (κ1) is 14.0. The number of anilines is 1. The van der Waals surface area contributed by atoms with Crippen LogP contribution in [0.3, 0.4) is 0 Å². The second-order valence-corrected chi connectivity index (χ2v) is 5.10. The van der Waals surface area contributed by atoms with Gasteiger partial charge in [0, 0.05) is 25.3 Å². The molecule has 1 heterocycles. The Hall–Kier alpha value is -1.09. The molecule has 1 rings (SSSR count). The van der Waals surface area contributed by atoms with Crippen molar-refractivity contribution in [2.24, 2.45) is 5.92 Å². The molecule has 0 aromatic carbocycles. The number of hydrogen-bond acceptors (Lipinski definition) is 3. The van der Waals surface area contributed by atoms with Crippen LogP contribution in [0.15, 0.2) is 12.1 Å². The lowest BCUT2D eigenvalue weighted by atomic mass is 10.1.